The van der Waals surface area contributed by atoms with E-state index in [2.05, 4.69) is 21.0 Å². The summed E-state index contributed by atoms with van der Waals surface area (Å²) in [6, 6.07) is 16.1. The first-order valence-corrected chi connectivity index (χ1v) is 10.4. The smallest absolute Gasteiger partial charge is 0.310 e. The van der Waals surface area contributed by atoms with Gasteiger partial charge in [0.1, 0.15) is 17.2 Å². The molecule has 4 rings (SSSR count). The molecule has 2 heterocycles. The summed E-state index contributed by atoms with van der Waals surface area (Å²) in [6.07, 6.45) is 0.483. The van der Waals surface area contributed by atoms with Crippen LogP contribution in [-0.2, 0) is 0 Å². The molecule has 0 aliphatic carbocycles. The van der Waals surface area contributed by atoms with Crippen molar-refractivity contribution in [3.05, 3.63) is 76.2 Å². The quantitative estimate of drug-likeness (QED) is 0.488. The number of carbonyl (C=O) groups excluding carboxylic acids is 1. The number of nitrogens with zero attached hydrogens (tertiary/aromatic N) is 2. The predicted octanol–water partition coefficient (Wildman–Crippen LogP) is 5.06. The monoisotopic (exact) mass is 484 g/mol. The molecule has 0 saturated heterocycles. The molecule has 3 aromatic rings. The highest BCUT2D eigenvalue weighted by molar-refractivity contribution is 9.10. The van der Waals surface area contributed by atoms with E-state index in [0.29, 0.717) is 28.3 Å². The summed E-state index contributed by atoms with van der Waals surface area (Å²) in [6.45, 7) is 0. The van der Waals surface area contributed by atoms with Gasteiger partial charge in [-0.3, -0.25) is 4.79 Å². The molecule has 160 valence electrons. The molecule has 1 aromatic heterocycles. The maximum Gasteiger partial charge on any atom is 0.310 e. The maximum absolute atomic E-state index is 13.3. The van der Waals surface area contributed by atoms with Crippen molar-refractivity contribution in [2.45, 2.75) is 12.5 Å². The van der Waals surface area contributed by atoms with E-state index in [0.717, 1.165) is 16.8 Å². The van der Waals surface area contributed by atoms with Crippen molar-refractivity contribution in [3.8, 4) is 17.2 Å². The molecule has 8 heteroatoms. The lowest BCUT2D eigenvalue weighted by atomic mass is 9.97. The fourth-order valence-electron chi connectivity index (χ4n) is 3.62. The van der Waals surface area contributed by atoms with Crippen LogP contribution in [0.15, 0.2) is 68.8 Å². The highest BCUT2D eigenvalue weighted by atomic mass is 79.9. The minimum atomic E-state index is -0.366. The molecule has 1 atom stereocenters. The SMILES string of the molecule is COc1ccc(C2=NN(C(=O)c3ccc(Br)o3)C(c3ccccc3OC)C2)c(OC)c1. The van der Waals surface area contributed by atoms with Crippen LogP contribution in [0.1, 0.15) is 34.1 Å². The van der Waals surface area contributed by atoms with E-state index in [9.17, 15) is 4.79 Å². The summed E-state index contributed by atoms with van der Waals surface area (Å²) >= 11 is 3.25. The van der Waals surface area contributed by atoms with Gasteiger partial charge in [-0.05, 0) is 46.3 Å². The van der Waals surface area contributed by atoms with Crippen LogP contribution in [-0.4, -0.2) is 38.0 Å². The van der Waals surface area contributed by atoms with Crippen molar-refractivity contribution in [2.24, 2.45) is 5.10 Å². The van der Waals surface area contributed by atoms with Crippen LogP contribution >= 0.6 is 15.9 Å². The predicted molar refractivity (Wildman–Crippen MR) is 119 cm³/mol. The Labute approximate surface area is 188 Å². The van der Waals surface area contributed by atoms with Crippen LogP contribution < -0.4 is 14.2 Å². The van der Waals surface area contributed by atoms with E-state index in [4.69, 9.17) is 18.6 Å². The Morgan fingerprint density at radius 2 is 1.81 bits per heavy atom. The summed E-state index contributed by atoms with van der Waals surface area (Å²) in [7, 11) is 4.80. The molecule has 0 fully saturated rings. The number of amides is 1. The highest BCUT2D eigenvalue weighted by Gasteiger charge is 2.37. The summed E-state index contributed by atoms with van der Waals surface area (Å²) < 4.78 is 22.4. The molecule has 7 nitrogen and oxygen atoms in total. The molecule has 0 saturated carbocycles. The van der Waals surface area contributed by atoms with Gasteiger partial charge in [0.25, 0.3) is 0 Å². The Bertz CT molecular complexity index is 1140. The molecule has 0 bridgehead atoms. The maximum atomic E-state index is 13.3. The van der Waals surface area contributed by atoms with E-state index >= 15 is 0 Å². The van der Waals surface area contributed by atoms with Gasteiger partial charge in [-0.1, -0.05) is 18.2 Å². The number of hydrogen-bond acceptors (Lipinski definition) is 6. The molecule has 0 N–H and O–H groups in total. The van der Waals surface area contributed by atoms with Crippen molar-refractivity contribution in [1.29, 1.82) is 0 Å². The minimum Gasteiger partial charge on any atom is -0.497 e. The molecule has 0 spiro atoms. The second-order valence-electron chi connectivity index (χ2n) is 6.83. The molecule has 0 radical (unpaired) electrons. The van der Waals surface area contributed by atoms with Crippen LogP contribution in [0, 0.1) is 0 Å². The number of carbonyl (C=O) groups is 1. The largest absolute Gasteiger partial charge is 0.497 e. The molecule has 1 aliphatic heterocycles. The minimum absolute atomic E-state index is 0.193. The molecule has 1 unspecified atom stereocenters. The van der Waals surface area contributed by atoms with Crippen LogP contribution in [0.4, 0.5) is 0 Å². The summed E-state index contributed by atoms with van der Waals surface area (Å²) in [5.41, 5.74) is 2.36. The molecular weight excluding hydrogens is 464 g/mol. The van der Waals surface area contributed by atoms with E-state index in [1.54, 1.807) is 39.5 Å². The van der Waals surface area contributed by atoms with Crippen LogP contribution in [0.25, 0.3) is 0 Å². The van der Waals surface area contributed by atoms with Gasteiger partial charge in [0, 0.05) is 23.6 Å². The van der Waals surface area contributed by atoms with E-state index in [1.165, 1.54) is 5.01 Å². The van der Waals surface area contributed by atoms with Gasteiger partial charge < -0.3 is 18.6 Å². The number of para-hydroxylation sites is 1. The van der Waals surface area contributed by atoms with Gasteiger partial charge >= 0.3 is 5.91 Å². The third kappa shape index (κ3) is 4.03. The van der Waals surface area contributed by atoms with Gasteiger partial charge in [0.05, 0.1) is 33.1 Å². The van der Waals surface area contributed by atoms with E-state index in [-0.39, 0.29) is 17.7 Å². The van der Waals surface area contributed by atoms with E-state index < -0.39 is 0 Å². The number of rotatable bonds is 6. The second kappa shape index (κ2) is 8.85. The number of hydrazone groups is 1. The summed E-state index contributed by atoms with van der Waals surface area (Å²) in [5, 5.41) is 6.14. The number of hydrogen-bond donors (Lipinski definition) is 0. The Balaban J connectivity index is 1.79. The standard InChI is InChI=1S/C23H21BrN2O5/c1-28-14-8-9-15(21(12-14)30-3)17-13-18(16-6-4-5-7-19(16)29-2)26(25-17)23(27)20-10-11-22(24)31-20/h4-12,18H,13H2,1-3H3. The zero-order chi connectivity index (χ0) is 22.0. The first-order valence-electron chi connectivity index (χ1n) is 9.57. The molecule has 1 aliphatic rings. The fourth-order valence-corrected chi connectivity index (χ4v) is 3.93. The Kier molecular flexibility index (Phi) is 5.99. The van der Waals surface area contributed by atoms with Gasteiger partial charge in [-0.25, -0.2) is 5.01 Å². The lowest BCUT2D eigenvalue weighted by Crippen LogP contribution is -2.27. The van der Waals surface area contributed by atoms with Gasteiger partial charge in [-0.15, -0.1) is 0 Å². The summed E-state index contributed by atoms with van der Waals surface area (Å²) in [4.78, 5) is 13.3. The van der Waals surface area contributed by atoms with Gasteiger partial charge in [0.2, 0.25) is 0 Å². The van der Waals surface area contributed by atoms with Gasteiger partial charge in [0.15, 0.2) is 10.4 Å². The van der Waals surface area contributed by atoms with Crippen molar-refractivity contribution in [1.82, 2.24) is 5.01 Å². The second-order valence-corrected chi connectivity index (χ2v) is 7.61. The third-order valence-electron chi connectivity index (χ3n) is 5.12. The average Bonchev–Trinajstić information content (AvgIpc) is 3.44. The van der Waals surface area contributed by atoms with Crippen LogP contribution in [0.3, 0.4) is 0 Å². The Hall–Kier alpha value is -3.26. The molecular formula is C23H21BrN2O5. The van der Waals surface area contributed by atoms with Crippen molar-refractivity contribution in [3.63, 3.8) is 0 Å². The topological polar surface area (TPSA) is 73.5 Å². The lowest BCUT2D eigenvalue weighted by molar-refractivity contribution is 0.0675. The molecule has 31 heavy (non-hydrogen) atoms. The first kappa shape index (κ1) is 21.0. The highest BCUT2D eigenvalue weighted by Crippen LogP contribution is 2.40. The zero-order valence-corrected chi connectivity index (χ0v) is 18.9. The number of benzene rings is 2. The van der Waals surface area contributed by atoms with Crippen LogP contribution in [0.2, 0.25) is 0 Å². The average molecular weight is 485 g/mol. The van der Waals surface area contributed by atoms with Crippen molar-refractivity contribution in [2.75, 3.05) is 21.3 Å². The molecule has 2 aromatic carbocycles. The van der Waals surface area contributed by atoms with Crippen molar-refractivity contribution < 1.29 is 23.4 Å². The summed E-state index contributed by atoms with van der Waals surface area (Å²) in [5.74, 6) is 1.83. The fraction of sp³-hybridized carbons (Fsp3) is 0.217. The Morgan fingerprint density at radius 3 is 2.48 bits per heavy atom. The molecule has 1 amide bonds. The first-order chi connectivity index (χ1) is 15.0. The normalized spacial score (nSPS) is 15.5. The number of ether oxygens (including phenoxy) is 3. The number of halogens is 1. The third-order valence-corrected chi connectivity index (χ3v) is 5.55. The van der Waals surface area contributed by atoms with E-state index in [1.807, 2.05) is 36.4 Å². The zero-order valence-electron chi connectivity index (χ0n) is 17.3. The number of methoxy groups -OCH3 is 3. The van der Waals surface area contributed by atoms with Gasteiger partial charge in [-0.2, -0.15) is 5.10 Å². The van der Waals surface area contributed by atoms with Crippen LogP contribution in [0.5, 0.6) is 17.2 Å². The lowest BCUT2D eigenvalue weighted by Gasteiger charge is -2.22. The number of furan rings is 1. The Morgan fingerprint density at radius 1 is 1.03 bits per heavy atom. The van der Waals surface area contributed by atoms with Crippen molar-refractivity contribution >= 4 is 27.5 Å².